The molecule has 0 saturated carbocycles. The number of carbonyl (C=O) groups excluding carboxylic acids is 1. The maximum absolute atomic E-state index is 13.0. The Labute approximate surface area is 116 Å². The predicted molar refractivity (Wildman–Crippen MR) is 73.0 cm³/mol. The van der Waals surface area contributed by atoms with Crippen molar-refractivity contribution < 1.29 is 13.9 Å². The number of benzene rings is 1. The molecule has 0 saturated heterocycles. The molecule has 0 atom stereocenters. The van der Waals surface area contributed by atoms with Crippen molar-refractivity contribution in [2.75, 3.05) is 14.2 Å². The van der Waals surface area contributed by atoms with Crippen molar-refractivity contribution in [1.29, 1.82) is 0 Å². The molecule has 5 heteroatoms. The topological polar surface area (TPSA) is 42.4 Å². The van der Waals surface area contributed by atoms with Gasteiger partial charge in [0.1, 0.15) is 11.4 Å². The Bertz CT molecular complexity index is 616. The van der Waals surface area contributed by atoms with Crippen molar-refractivity contribution in [2.45, 2.75) is 6.54 Å². The van der Waals surface area contributed by atoms with E-state index in [1.807, 2.05) is 24.3 Å². The molecule has 1 aromatic heterocycles. The molecule has 0 aliphatic rings. The van der Waals surface area contributed by atoms with Gasteiger partial charge in [-0.1, -0.05) is 24.3 Å². The summed E-state index contributed by atoms with van der Waals surface area (Å²) in [6.45, 7) is 0.362. The van der Waals surface area contributed by atoms with E-state index in [4.69, 9.17) is 4.74 Å². The number of methoxy groups -OCH3 is 1. The van der Waals surface area contributed by atoms with E-state index in [1.54, 1.807) is 14.2 Å². The number of amides is 1. The van der Waals surface area contributed by atoms with Crippen LogP contribution >= 0.6 is 0 Å². The number of ether oxygens (including phenoxy) is 1. The number of carbonyl (C=O) groups is 1. The van der Waals surface area contributed by atoms with E-state index in [-0.39, 0.29) is 11.6 Å². The van der Waals surface area contributed by atoms with E-state index in [9.17, 15) is 9.18 Å². The summed E-state index contributed by atoms with van der Waals surface area (Å²) in [5.41, 5.74) is 0.963. The van der Waals surface area contributed by atoms with Gasteiger partial charge in [0.25, 0.3) is 5.91 Å². The molecule has 2 aromatic rings. The van der Waals surface area contributed by atoms with Crippen LogP contribution in [0.25, 0.3) is 0 Å². The first-order chi connectivity index (χ1) is 9.61. The molecule has 0 aliphatic carbocycles. The molecule has 0 spiro atoms. The van der Waals surface area contributed by atoms with E-state index in [0.29, 0.717) is 12.3 Å². The van der Waals surface area contributed by atoms with Crippen LogP contribution in [0.5, 0.6) is 5.75 Å². The molecule has 2 rings (SSSR count). The van der Waals surface area contributed by atoms with Gasteiger partial charge in [0.15, 0.2) is 0 Å². The quantitative estimate of drug-likeness (QED) is 0.804. The first-order valence-corrected chi connectivity index (χ1v) is 6.11. The largest absolute Gasteiger partial charge is 0.496 e. The zero-order valence-electron chi connectivity index (χ0n) is 11.3. The van der Waals surface area contributed by atoms with Gasteiger partial charge in [0.2, 0.25) is 5.95 Å². The zero-order valence-corrected chi connectivity index (χ0v) is 11.3. The molecule has 0 unspecified atom stereocenters. The summed E-state index contributed by atoms with van der Waals surface area (Å²) in [5.74, 6) is -0.295. The van der Waals surface area contributed by atoms with E-state index in [0.717, 1.165) is 5.56 Å². The van der Waals surface area contributed by atoms with Crippen molar-refractivity contribution >= 4 is 5.91 Å². The van der Waals surface area contributed by atoms with Crippen LogP contribution in [0.1, 0.15) is 16.1 Å². The maximum Gasteiger partial charge on any atom is 0.272 e. The van der Waals surface area contributed by atoms with Gasteiger partial charge in [-0.2, -0.15) is 4.39 Å². The third-order valence-corrected chi connectivity index (χ3v) is 2.88. The normalized spacial score (nSPS) is 10.2. The SMILES string of the molecule is COc1ccccc1CN(C)C(=O)c1cccc(F)n1. The van der Waals surface area contributed by atoms with Gasteiger partial charge in [-0.3, -0.25) is 4.79 Å². The number of aromatic nitrogens is 1. The van der Waals surface area contributed by atoms with Crippen LogP contribution in [-0.4, -0.2) is 29.9 Å². The Balaban J connectivity index is 2.15. The summed E-state index contributed by atoms with van der Waals surface area (Å²) in [5, 5.41) is 0. The van der Waals surface area contributed by atoms with Gasteiger partial charge in [-0.15, -0.1) is 0 Å². The third kappa shape index (κ3) is 3.12. The van der Waals surface area contributed by atoms with E-state index in [1.165, 1.54) is 23.1 Å². The molecular formula is C15H15FN2O2. The zero-order chi connectivity index (χ0) is 14.5. The van der Waals surface area contributed by atoms with Crippen LogP contribution in [0.15, 0.2) is 42.5 Å². The summed E-state index contributed by atoms with van der Waals surface area (Å²) in [7, 11) is 3.22. The summed E-state index contributed by atoms with van der Waals surface area (Å²) in [6.07, 6.45) is 0. The highest BCUT2D eigenvalue weighted by molar-refractivity contribution is 5.92. The van der Waals surface area contributed by atoms with Gasteiger partial charge in [0.05, 0.1) is 7.11 Å². The summed E-state index contributed by atoms with van der Waals surface area (Å²) in [6, 6.07) is 11.6. The number of hydrogen-bond donors (Lipinski definition) is 0. The van der Waals surface area contributed by atoms with Crippen molar-refractivity contribution in [3.05, 3.63) is 59.7 Å². The number of rotatable bonds is 4. The Morgan fingerprint density at radius 1 is 1.25 bits per heavy atom. The molecule has 0 bridgehead atoms. The van der Waals surface area contributed by atoms with Crippen molar-refractivity contribution in [3.63, 3.8) is 0 Å². The first kappa shape index (κ1) is 14.0. The number of para-hydroxylation sites is 1. The highest BCUT2D eigenvalue weighted by atomic mass is 19.1. The fourth-order valence-corrected chi connectivity index (χ4v) is 1.88. The lowest BCUT2D eigenvalue weighted by Crippen LogP contribution is -2.27. The number of nitrogens with zero attached hydrogens (tertiary/aromatic N) is 2. The molecule has 104 valence electrons. The monoisotopic (exact) mass is 274 g/mol. The van der Waals surface area contributed by atoms with Crippen LogP contribution in [0.3, 0.4) is 0 Å². The molecule has 0 aliphatic heterocycles. The van der Waals surface area contributed by atoms with Crippen molar-refractivity contribution in [3.8, 4) is 5.75 Å². The summed E-state index contributed by atoms with van der Waals surface area (Å²) in [4.78, 5) is 17.2. The molecule has 20 heavy (non-hydrogen) atoms. The van der Waals surface area contributed by atoms with E-state index in [2.05, 4.69) is 4.98 Å². The first-order valence-electron chi connectivity index (χ1n) is 6.11. The summed E-state index contributed by atoms with van der Waals surface area (Å²) >= 11 is 0. The van der Waals surface area contributed by atoms with Crippen LogP contribution < -0.4 is 4.74 Å². The molecule has 1 heterocycles. The van der Waals surface area contributed by atoms with Gasteiger partial charge >= 0.3 is 0 Å². The Hall–Kier alpha value is -2.43. The molecular weight excluding hydrogens is 259 g/mol. The Morgan fingerprint density at radius 2 is 2.00 bits per heavy atom. The molecule has 4 nitrogen and oxygen atoms in total. The van der Waals surface area contributed by atoms with Crippen LogP contribution in [-0.2, 0) is 6.54 Å². The number of pyridine rings is 1. The minimum absolute atomic E-state index is 0.0856. The minimum atomic E-state index is -0.665. The highest BCUT2D eigenvalue weighted by Gasteiger charge is 2.15. The van der Waals surface area contributed by atoms with Crippen molar-refractivity contribution in [2.24, 2.45) is 0 Å². The molecule has 0 N–H and O–H groups in total. The third-order valence-electron chi connectivity index (χ3n) is 2.88. The highest BCUT2D eigenvalue weighted by Crippen LogP contribution is 2.19. The second kappa shape index (κ2) is 6.14. The van der Waals surface area contributed by atoms with E-state index >= 15 is 0 Å². The molecule has 0 fully saturated rings. The minimum Gasteiger partial charge on any atom is -0.496 e. The average Bonchev–Trinajstić information content (AvgIpc) is 2.47. The van der Waals surface area contributed by atoms with Gasteiger partial charge in [-0.05, 0) is 18.2 Å². The van der Waals surface area contributed by atoms with Gasteiger partial charge < -0.3 is 9.64 Å². The van der Waals surface area contributed by atoms with Crippen LogP contribution in [0.2, 0.25) is 0 Å². The second-order valence-corrected chi connectivity index (χ2v) is 4.32. The van der Waals surface area contributed by atoms with Gasteiger partial charge in [0, 0.05) is 19.2 Å². The Kier molecular flexibility index (Phi) is 4.30. The molecule has 0 radical (unpaired) electrons. The molecule has 1 amide bonds. The lowest BCUT2D eigenvalue weighted by Gasteiger charge is -2.18. The smallest absolute Gasteiger partial charge is 0.272 e. The predicted octanol–water partition coefficient (Wildman–Crippen LogP) is 2.50. The van der Waals surface area contributed by atoms with Crippen LogP contribution in [0.4, 0.5) is 4.39 Å². The summed E-state index contributed by atoms with van der Waals surface area (Å²) < 4.78 is 18.3. The Morgan fingerprint density at radius 3 is 2.70 bits per heavy atom. The van der Waals surface area contributed by atoms with E-state index < -0.39 is 5.95 Å². The van der Waals surface area contributed by atoms with Crippen LogP contribution in [0, 0.1) is 5.95 Å². The lowest BCUT2D eigenvalue weighted by molar-refractivity contribution is 0.0777. The average molecular weight is 274 g/mol. The lowest BCUT2D eigenvalue weighted by atomic mass is 10.2. The molecule has 1 aromatic carbocycles. The van der Waals surface area contributed by atoms with Gasteiger partial charge in [-0.25, -0.2) is 4.98 Å². The van der Waals surface area contributed by atoms with Crippen molar-refractivity contribution in [1.82, 2.24) is 9.88 Å². The second-order valence-electron chi connectivity index (χ2n) is 4.32. The standard InChI is InChI=1S/C15H15FN2O2/c1-18(10-11-6-3-4-8-13(11)20-2)15(19)12-7-5-9-14(16)17-12/h3-9H,10H2,1-2H3. The fourth-order valence-electron chi connectivity index (χ4n) is 1.88. The number of hydrogen-bond acceptors (Lipinski definition) is 3. The fraction of sp³-hybridized carbons (Fsp3) is 0.200. The maximum atomic E-state index is 13.0. The number of halogens is 1.